The summed E-state index contributed by atoms with van der Waals surface area (Å²) in [6.45, 7) is 2.10. The van der Waals surface area contributed by atoms with Crippen molar-refractivity contribution in [3.8, 4) is 11.4 Å². The van der Waals surface area contributed by atoms with Crippen LogP contribution in [0.1, 0.15) is 53.2 Å². The summed E-state index contributed by atoms with van der Waals surface area (Å²) in [6.07, 6.45) is 6.91. The average molecular weight is 456 g/mol. The molecule has 1 saturated heterocycles. The predicted molar refractivity (Wildman–Crippen MR) is 136 cm³/mol. The quantitative estimate of drug-likeness (QED) is 0.615. The molecule has 3 aromatic rings. The Labute approximate surface area is 202 Å². The van der Waals surface area contributed by atoms with Crippen molar-refractivity contribution in [2.75, 3.05) is 32.1 Å². The SMILES string of the molecule is CN1CCC(N(C)c2nc(-c3ccccc3)ncc2C(=O)NC2CCCc3ccccc32)CC1. The van der Waals surface area contributed by atoms with E-state index < -0.39 is 0 Å². The lowest BCUT2D eigenvalue weighted by Gasteiger charge is -2.36. The summed E-state index contributed by atoms with van der Waals surface area (Å²) in [5, 5.41) is 3.30. The van der Waals surface area contributed by atoms with E-state index in [1.807, 2.05) is 30.3 Å². The molecule has 1 aliphatic carbocycles. The molecule has 0 spiro atoms. The third-order valence-corrected chi connectivity index (χ3v) is 7.29. The molecule has 34 heavy (non-hydrogen) atoms. The number of aryl methyl sites for hydroxylation is 1. The molecule has 1 atom stereocenters. The number of amides is 1. The minimum atomic E-state index is -0.101. The smallest absolute Gasteiger partial charge is 0.257 e. The van der Waals surface area contributed by atoms with Crippen LogP contribution in [0.2, 0.25) is 0 Å². The van der Waals surface area contributed by atoms with Gasteiger partial charge in [0.2, 0.25) is 0 Å². The molecule has 2 aliphatic rings. The highest BCUT2D eigenvalue weighted by molar-refractivity contribution is 5.99. The fourth-order valence-corrected chi connectivity index (χ4v) is 5.22. The highest BCUT2D eigenvalue weighted by Crippen LogP contribution is 2.31. The molecule has 1 unspecified atom stereocenters. The molecular formula is C28H33N5O. The Morgan fingerprint density at radius 3 is 2.56 bits per heavy atom. The van der Waals surface area contributed by atoms with Crippen LogP contribution in [0, 0.1) is 0 Å². The predicted octanol–water partition coefficient (Wildman–Crippen LogP) is 4.48. The molecule has 1 amide bonds. The number of aromatic nitrogens is 2. The third-order valence-electron chi connectivity index (χ3n) is 7.29. The molecule has 6 heteroatoms. The summed E-state index contributed by atoms with van der Waals surface area (Å²) in [7, 11) is 4.23. The number of hydrogen-bond acceptors (Lipinski definition) is 5. The number of likely N-dealkylation sites (tertiary alicyclic amines) is 1. The maximum atomic E-state index is 13.6. The molecule has 2 heterocycles. The second kappa shape index (κ2) is 9.94. The number of carbonyl (C=O) groups excluding carboxylic acids is 1. The van der Waals surface area contributed by atoms with Gasteiger partial charge in [-0.15, -0.1) is 0 Å². The van der Waals surface area contributed by atoms with E-state index >= 15 is 0 Å². The second-order valence-electron chi connectivity index (χ2n) is 9.56. The van der Waals surface area contributed by atoms with Gasteiger partial charge in [-0.1, -0.05) is 54.6 Å². The standard InChI is InChI=1S/C28H33N5O/c1-32-17-15-22(16-18-32)33(2)27-24(19-29-26(31-27)21-10-4-3-5-11-21)28(34)30-25-14-8-12-20-9-6-7-13-23(20)25/h3-7,9-11,13,19,22,25H,8,12,14-18H2,1-2H3,(H,30,34). The molecule has 6 nitrogen and oxygen atoms in total. The van der Waals surface area contributed by atoms with Gasteiger partial charge in [0.1, 0.15) is 11.4 Å². The van der Waals surface area contributed by atoms with Gasteiger partial charge in [-0.05, 0) is 63.4 Å². The van der Waals surface area contributed by atoms with Crippen LogP contribution in [0.5, 0.6) is 0 Å². The number of anilines is 1. The largest absolute Gasteiger partial charge is 0.356 e. The molecule has 0 saturated carbocycles. The van der Waals surface area contributed by atoms with Crippen LogP contribution in [0.3, 0.4) is 0 Å². The number of piperidine rings is 1. The summed E-state index contributed by atoms with van der Waals surface area (Å²) in [6, 6.07) is 18.8. The molecule has 0 bridgehead atoms. The first kappa shape index (κ1) is 22.5. The van der Waals surface area contributed by atoms with Crippen molar-refractivity contribution in [1.82, 2.24) is 20.2 Å². The molecule has 1 fully saturated rings. The summed E-state index contributed by atoms with van der Waals surface area (Å²) < 4.78 is 0. The molecule has 176 valence electrons. The van der Waals surface area contributed by atoms with Gasteiger partial charge in [0, 0.05) is 24.8 Å². The maximum absolute atomic E-state index is 13.6. The fourth-order valence-electron chi connectivity index (χ4n) is 5.22. The van der Waals surface area contributed by atoms with Gasteiger partial charge in [0.15, 0.2) is 5.82 Å². The number of nitrogens with one attached hydrogen (secondary N) is 1. The van der Waals surface area contributed by atoms with E-state index in [9.17, 15) is 4.79 Å². The van der Waals surface area contributed by atoms with Crippen molar-refractivity contribution in [2.45, 2.75) is 44.2 Å². The van der Waals surface area contributed by atoms with Crippen molar-refractivity contribution in [3.05, 3.63) is 77.5 Å². The average Bonchev–Trinajstić information content (AvgIpc) is 2.89. The van der Waals surface area contributed by atoms with Crippen LogP contribution in [0.4, 0.5) is 5.82 Å². The zero-order valence-corrected chi connectivity index (χ0v) is 20.1. The summed E-state index contributed by atoms with van der Waals surface area (Å²) in [5.41, 5.74) is 4.06. The Kier molecular flexibility index (Phi) is 6.59. The summed E-state index contributed by atoms with van der Waals surface area (Å²) >= 11 is 0. The Bertz CT molecular complexity index is 1140. The monoisotopic (exact) mass is 455 g/mol. The van der Waals surface area contributed by atoms with Crippen LogP contribution in [0.25, 0.3) is 11.4 Å². The first-order chi connectivity index (χ1) is 16.6. The van der Waals surface area contributed by atoms with Crippen molar-refractivity contribution in [1.29, 1.82) is 0 Å². The highest BCUT2D eigenvalue weighted by atomic mass is 16.1. The molecule has 5 rings (SSSR count). The summed E-state index contributed by atoms with van der Waals surface area (Å²) in [4.78, 5) is 27.7. The number of carbonyl (C=O) groups is 1. The molecular weight excluding hydrogens is 422 g/mol. The van der Waals surface area contributed by atoms with Crippen LogP contribution in [-0.2, 0) is 6.42 Å². The molecule has 1 N–H and O–H groups in total. The fraction of sp³-hybridized carbons (Fsp3) is 0.393. The van der Waals surface area contributed by atoms with Crippen molar-refractivity contribution >= 4 is 11.7 Å². The van der Waals surface area contributed by atoms with Gasteiger partial charge in [0.05, 0.1) is 6.04 Å². The number of nitrogens with zero attached hydrogens (tertiary/aromatic N) is 4. The Morgan fingerprint density at radius 1 is 1.03 bits per heavy atom. The molecule has 2 aromatic carbocycles. The van der Waals surface area contributed by atoms with E-state index in [4.69, 9.17) is 4.98 Å². The maximum Gasteiger partial charge on any atom is 0.257 e. The van der Waals surface area contributed by atoms with Crippen LogP contribution < -0.4 is 10.2 Å². The lowest BCUT2D eigenvalue weighted by atomic mass is 9.87. The van der Waals surface area contributed by atoms with Crippen molar-refractivity contribution in [2.24, 2.45) is 0 Å². The van der Waals surface area contributed by atoms with Crippen LogP contribution in [0.15, 0.2) is 60.8 Å². The van der Waals surface area contributed by atoms with Crippen molar-refractivity contribution < 1.29 is 4.79 Å². The van der Waals surface area contributed by atoms with Gasteiger partial charge in [-0.25, -0.2) is 9.97 Å². The van der Waals surface area contributed by atoms with E-state index in [1.54, 1.807) is 6.20 Å². The van der Waals surface area contributed by atoms with Gasteiger partial charge in [-0.3, -0.25) is 4.79 Å². The number of rotatable bonds is 5. The number of benzene rings is 2. The summed E-state index contributed by atoms with van der Waals surface area (Å²) in [5.74, 6) is 1.26. The highest BCUT2D eigenvalue weighted by Gasteiger charge is 2.28. The first-order valence-corrected chi connectivity index (χ1v) is 12.3. The van der Waals surface area contributed by atoms with Crippen LogP contribution in [-0.4, -0.2) is 54.0 Å². The van der Waals surface area contributed by atoms with Crippen LogP contribution >= 0.6 is 0 Å². The first-order valence-electron chi connectivity index (χ1n) is 12.3. The van der Waals surface area contributed by atoms with Gasteiger partial charge >= 0.3 is 0 Å². The lowest BCUT2D eigenvalue weighted by Crippen LogP contribution is -2.43. The van der Waals surface area contributed by atoms with Gasteiger partial charge in [0.25, 0.3) is 5.91 Å². The second-order valence-corrected chi connectivity index (χ2v) is 9.56. The van der Waals surface area contributed by atoms with Gasteiger partial charge < -0.3 is 15.1 Å². The topological polar surface area (TPSA) is 61.4 Å². The number of hydrogen-bond donors (Lipinski definition) is 1. The lowest BCUT2D eigenvalue weighted by molar-refractivity contribution is 0.0932. The zero-order valence-electron chi connectivity index (χ0n) is 20.1. The molecule has 1 aliphatic heterocycles. The van der Waals surface area contributed by atoms with E-state index in [0.29, 0.717) is 23.2 Å². The molecule has 1 aromatic heterocycles. The van der Waals surface area contributed by atoms with E-state index in [2.05, 4.69) is 58.5 Å². The Morgan fingerprint density at radius 2 is 1.76 bits per heavy atom. The minimum absolute atomic E-state index is 0.0211. The minimum Gasteiger partial charge on any atom is -0.356 e. The Balaban J connectivity index is 1.46. The van der Waals surface area contributed by atoms with E-state index in [0.717, 1.165) is 50.8 Å². The van der Waals surface area contributed by atoms with E-state index in [1.165, 1.54) is 11.1 Å². The number of fused-ring (bicyclic) bond motifs is 1. The Hall–Kier alpha value is -3.25. The van der Waals surface area contributed by atoms with E-state index in [-0.39, 0.29) is 11.9 Å². The van der Waals surface area contributed by atoms with Crippen molar-refractivity contribution in [3.63, 3.8) is 0 Å². The third kappa shape index (κ3) is 4.68. The van der Waals surface area contributed by atoms with Gasteiger partial charge in [-0.2, -0.15) is 0 Å². The normalized spacial score (nSPS) is 18.8. The zero-order chi connectivity index (χ0) is 23.5. The molecule has 0 radical (unpaired) electrons.